The fraction of sp³-hybridized carbons (Fsp3) is 0.800. The highest BCUT2D eigenvalue weighted by atomic mass is 15.3. The SMILES string of the molecule is CCCCCCC(NCC)c1ccnn1C(C)C. The first-order chi connectivity index (χ1) is 8.70. The number of hydrogen-bond acceptors (Lipinski definition) is 2. The zero-order valence-electron chi connectivity index (χ0n) is 12.4. The van der Waals surface area contributed by atoms with Crippen molar-refractivity contribution in [3.8, 4) is 0 Å². The van der Waals surface area contributed by atoms with Gasteiger partial charge in [-0.25, -0.2) is 0 Å². The second-order valence-corrected chi connectivity index (χ2v) is 5.25. The molecule has 1 aromatic heterocycles. The van der Waals surface area contributed by atoms with Crippen LogP contribution in [0.3, 0.4) is 0 Å². The highest BCUT2D eigenvalue weighted by molar-refractivity contribution is 5.07. The quantitative estimate of drug-likeness (QED) is 0.670. The Bertz CT molecular complexity index is 317. The molecule has 0 radical (unpaired) electrons. The van der Waals surface area contributed by atoms with Crippen LogP contribution in [0.25, 0.3) is 0 Å². The molecule has 104 valence electrons. The molecule has 1 atom stereocenters. The summed E-state index contributed by atoms with van der Waals surface area (Å²) in [4.78, 5) is 0. The Morgan fingerprint density at radius 1 is 1.22 bits per heavy atom. The van der Waals surface area contributed by atoms with E-state index in [0.717, 1.165) is 6.54 Å². The van der Waals surface area contributed by atoms with Gasteiger partial charge in [-0.15, -0.1) is 0 Å². The lowest BCUT2D eigenvalue weighted by Gasteiger charge is -2.21. The van der Waals surface area contributed by atoms with E-state index in [0.29, 0.717) is 12.1 Å². The predicted octanol–water partition coefficient (Wildman–Crippen LogP) is 4.09. The first-order valence-electron chi connectivity index (χ1n) is 7.47. The van der Waals surface area contributed by atoms with Crippen molar-refractivity contribution in [3.05, 3.63) is 18.0 Å². The molecule has 0 fully saturated rings. The molecule has 0 aliphatic heterocycles. The minimum Gasteiger partial charge on any atom is -0.309 e. The van der Waals surface area contributed by atoms with Crippen LogP contribution in [0, 0.1) is 0 Å². The lowest BCUT2D eigenvalue weighted by atomic mass is 10.0. The predicted molar refractivity (Wildman–Crippen MR) is 77.8 cm³/mol. The second-order valence-electron chi connectivity index (χ2n) is 5.25. The van der Waals surface area contributed by atoms with E-state index in [1.165, 1.54) is 37.8 Å². The molecule has 0 spiro atoms. The Balaban J connectivity index is 2.62. The van der Waals surface area contributed by atoms with Gasteiger partial charge in [0.15, 0.2) is 0 Å². The largest absolute Gasteiger partial charge is 0.309 e. The lowest BCUT2D eigenvalue weighted by molar-refractivity contribution is 0.420. The standard InChI is InChI=1S/C15H29N3/c1-5-7-8-9-10-14(16-6-2)15-11-12-17-18(15)13(3)4/h11-14,16H,5-10H2,1-4H3. The molecule has 3 nitrogen and oxygen atoms in total. The van der Waals surface area contributed by atoms with Crippen molar-refractivity contribution in [2.75, 3.05) is 6.54 Å². The van der Waals surface area contributed by atoms with Crippen LogP contribution in [0.15, 0.2) is 12.3 Å². The van der Waals surface area contributed by atoms with Gasteiger partial charge in [-0.05, 0) is 32.9 Å². The number of aromatic nitrogens is 2. The van der Waals surface area contributed by atoms with E-state index in [4.69, 9.17) is 0 Å². The van der Waals surface area contributed by atoms with Gasteiger partial charge < -0.3 is 5.32 Å². The van der Waals surface area contributed by atoms with Crippen molar-refractivity contribution in [2.24, 2.45) is 0 Å². The molecule has 0 bridgehead atoms. The van der Waals surface area contributed by atoms with Crippen molar-refractivity contribution in [2.45, 2.75) is 71.9 Å². The molecule has 0 saturated heterocycles. The number of nitrogens with one attached hydrogen (secondary N) is 1. The second kappa shape index (κ2) is 8.30. The van der Waals surface area contributed by atoms with E-state index in [1.807, 2.05) is 6.20 Å². The zero-order chi connectivity index (χ0) is 13.4. The van der Waals surface area contributed by atoms with Crippen molar-refractivity contribution in [1.29, 1.82) is 0 Å². The van der Waals surface area contributed by atoms with Gasteiger partial charge >= 0.3 is 0 Å². The van der Waals surface area contributed by atoms with Crippen molar-refractivity contribution in [3.63, 3.8) is 0 Å². The smallest absolute Gasteiger partial charge is 0.0556 e. The molecule has 0 aromatic carbocycles. The first-order valence-corrected chi connectivity index (χ1v) is 7.47. The van der Waals surface area contributed by atoms with Crippen LogP contribution in [0.1, 0.15) is 77.6 Å². The van der Waals surface area contributed by atoms with Gasteiger partial charge in [-0.2, -0.15) is 5.10 Å². The Hall–Kier alpha value is -0.830. The van der Waals surface area contributed by atoms with E-state index < -0.39 is 0 Å². The molecule has 1 heterocycles. The summed E-state index contributed by atoms with van der Waals surface area (Å²) in [5.41, 5.74) is 1.34. The van der Waals surface area contributed by atoms with E-state index in [1.54, 1.807) is 0 Å². The molecule has 0 amide bonds. The molecule has 0 aliphatic rings. The maximum atomic E-state index is 4.44. The Kier molecular flexibility index (Phi) is 7.02. The highest BCUT2D eigenvalue weighted by Crippen LogP contribution is 2.22. The third kappa shape index (κ3) is 4.45. The summed E-state index contributed by atoms with van der Waals surface area (Å²) >= 11 is 0. The molecular weight excluding hydrogens is 222 g/mol. The van der Waals surface area contributed by atoms with Crippen LogP contribution >= 0.6 is 0 Å². The molecule has 18 heavy (non-hydrogen) atoms. The summed E-state index contributed by atoms with van der Waals surface area (Å²) < 4.78 is 2.15. The van der Waals surface area contributed by atoms with Gasteiger partial charge in [0, 0.05) is 18.3 Å². The monoisotopic (exact) mass is 251 g/mol. The van der Waals surface area contributed by atoms with Crippen LogP contribution < -0.4 is 5.32 Å². The minimum absolute atomic E-state index is 0.437. The van der Waals surface area contributed by atoms with Crippen LogP contribution in [-0.4, -0.2) is 16.3 Å². The summed E-state index contributed by atoms with van der Waals surface area (Å²) in [5.74, 6) is 0. The molecular formula is C15H29N3. The molecule has 1 unspecified atom stereocenters. The van der Waals surface area contributed by atoms with Crippen LogP contribution in [0.2, 0.25) is 0 Å². The highest BCUT2D eigenvalue weighted by Gasteiger charge is 2.16. The van der Waals surface area contributed by atoms with Crippen molar-refractivity contribution < 1.29 is 0 Å². The summed E-state index contributed by atoms with van der Waals surface area (Å²) in [6.45, 7) is 9.83. The summed E-state index contributed by atoms with van der Waals surface area (Å²) in [5, 5.41) is 8.04. The normalized spacial score (nSPS) is 13.2. The minimum atomic E-state index is 0.437. The first kappa shape index (κ1) is 15.2. The van der Waals surface area contributed by atoms with Crippen LogP contribution in [0.5, 0.6) is 0 Å². The zero-order valence-corrected chi connectivity index (χ0v) is 12.4. The lowest BCUT2D eigenvalue weighted by Crippen LogP contribution is -2.24. The maximum Gasteiger partial charge on any atom is 0.0556 e. The molecule has 1 N–H and O–H groups in total. The third-order valence-corrected chi connectivity index (χ3v) is 3.34. The molecule has 1 rings (SSSR count). The average molecular weight is 251 g/mol. The van der Waals surface area contributed by atoms with Crippen molar-refractivity contribution >= 4 is 0 Å². The number of hydrogen-bond donors (Lipinski definition) is 1. The van der Waals surface area contributed by atoms with Gasteiger partial charge in [0.05, 0.1) is 5.69 Å². The number of nitrogens with zero attached hydrogens (tertiary/aromatic N) is 2. The number of unbranched alkanes of at least 4 members (excludes halogenated alkanes) is 3. The topological polar surface area (TPSA) is 29.9 Å². The average Bonchev–Trinajstić information content (AvgIpc) is 2.82. The molecule has 1 aromatic rings. The maximum absolute atomic E-state index is 4.44. The van der Waals surface area contributed by atoms with E-state index >= 15 is 0 Å². The molecule has 0 saturated carbocycles. The summed E-state index contributed by atoms with van der Waals surface area (Å²) in [6, 6.07) is 3.05. The van der Waals surface area contributed by atoms with Crippen molar-refractivity contribution in [1.82, 2.24) is 15.1 Å². The fourth-order valence-corrected chi connectivity index (χ4v) is 2.41. The molecule has 3 heteroatoms. The third-order valence-electron chi connectivity index (χ3n) is 3.34. The molecule has 0 aliphatic carbocycles. The van der Waals surface area contributed by atoms with Crippen LogP contribution in [0.4, 0.5) is 0 Å². The van der Waals surface area contributed by atoms with Gasteiger partial charge in [0.2, 0.25) is 0 Å². The summed E-state index contributed by atoms with van der Waals surface area (Å²) in [6.07, 6.45) is 8.43. The van der Waals surface area contributed by atoms with E-state index in [-0.39, 0.29) is 0 Å². The van der Waals surface area contributed by atoms with Gasteiger partial charge in [0.25, 0.3) is 0 Å². The fourth-order valence-electron chi connectivity index (χ4n) is 2.41. The van der Waals surface area contributed by atoms with Gasteiger partial charge in [-0.1, -0.05) is 39.5 Å². The van der Waals surface area contributed by atoms with E-state index in [2.05, 4.69) is 48.9 Å². The number of rotatable bonds is 9. The Labute approximate surface area is 112 Å². The van der Waals surface area contributed by atoms with E-state index in [9.17, 15) is 0 Å². The Morgan fingerprint density at radius 2 is 2.00 bits per heavy atom. The summed E-state index contributed by atoms with van der Waals surface area (Å²) in [7, 11) is 0. The Morgan fingerprint density at radius 3 is 2.61 bits per heavy atom. The van der Waals surface area contributed by atoms with Gasteiger partial charge in [-0.3, -0.25) is 4.68 Å². The van der Waals surface area contributed by atoms with Gasteiger partial charge in [0.1, 0.15) is 0 Å². The van der Waals surface area contributed by atoms with Crippen LogP contribution in [-0.2, 0) is 0 Å².